The van der Waals surface area contributed by atoms with Crippen molar-refractivity contribution in [2.24, 2.45) is 35.3 Å². The van der Waals surface area contributed by atoms with E-state index < -0.39 is 30.5 Å². The molecule has 0 aromatic carbocycles. The summed E-state index contributed by atoms with van der Waals surface area (Å²) in [6.07, 6.45) is 8.82. The molecule has 1 fully saturated rings. The Bertz CT molecular complexity index is 852. The average Bonchev–Trinajstić information content (AvgIpc) is 3.26. The quantitative estimate of drug-likeness (QED) is 0.130. The van der Waals surface area contributed by atoms with Crippen molar-refractivity contribution in [2.45, 2.75) is 97.7 Å². The Labute approximate surface area is 228 Å². The first-order chi connectivity index (χ1) is 17.8. The molecule has 1 rings (SSSR count). The van der Waals surface area contributed by atoms with Crippen molar-refractivity contribution < 1.29 is 34.4 Å². The van der Waals surface area contributed by atoms with E-state index in [0.29, 0.717) is 25.7 Å². The lowest BCUT2D eigenvalue weighted by Crippen LogP contribution is -2.41. The molecule has 10 atom stereocenters. The Balaban J connectivity index is 2.71. The fourth-order valence-corrected chi connectivity index (χ4v) is 5.14. The minimum atomic E-state index is -0.878. The monoisotopic (exact) mass is 535 g/mol. The Morgan fingerprint density at radius 2 is 1.74 bits per heavy atom. The summed E-state index contributed by atoms with van der Waals surface area (Å²) in [4.78, 5) is 22.7. The third kappa shape index (κ3) is 11.5. The molecule has 0 aromatic rings. The summed E-state index contributed by atoms with van der Waals surface area (Å²) in [6.45, 7) is 15.1. The molecule has 0 aromatic heterocycles. The van der Waals surface area contributed by atoms with Crippen LogP contribution in [0.25, 0.3) is 0 Å². The summed E-state index contributed by atoms with van der Waals surface area (Å²) < 4.78 is 10.5. The molecule has 0 radical (unpaired) electrons. The number of primary amides is 1. The molecule has 1 aliphatic rings. The Hall–Kier alpha value is -2.42. The van der Waals surface area contributed by atoms with E-state index >= 15 is 0 Å². The molecule has 8 heteroatoms. The lowest BCUT2D eigenvalue weighted by molar-refractivity contribution is -0.142. The number of carbonyl (C=O) groups excluding carboxylic acids is 2. The maximum absolute atomic E-state index is 11.5. The molecular weight excluding hydrogens is 486 g/mol. The fraction of sp³-hybridized carbons (Fsp3) is 0.667. The van der Waals surface area contributed by atoms with Gasteiger partial charge in [0.15, 0.2) is 0 Å². The Kier molecular flexibility index (Phi) is 14.6. The van der Waals surface area contributed by atoms with Crippen molar-refractivity contribution in [3.05, 3.63) is 48.6 Å². The number of allylic oxidation sites excluding steroid dienone is 3. The van der Waals surface area contributed by atoms with E-state index in [1.54, 1.807) is 24.3 Å². The van der Waals surface area contributed by atoms with E-state index in [1.165, 1.54) is 0 Å². The van der Waals surface area contributed by atoms with Crippen LogP contribution in [0, 0.1) is 29.6 Å². The average molecular weight is 536 g/mol. The topological polar surface area (TPSA) is 139 Å². The van der Waals surface area contributed by atoms with Gasteiger partial charge in [-0.25, -0.2) is 4.79 Å². The molecule has 8 nitrogen and oxygen atoms in total. The van der Waals surface area contributed by atoms with Crippen molar-refractivity contribution >= 4 is 12.1 Å². The zero-order chi connectivity index (χ0) is 29.0. The number of nitrogens with two attached hydrogens (primary N) is 1. The predicted molar refractivity (Wildman–Crippen MR) is 149 cm³/mol. The van der Waals surface area contributed by atoms with Crippen LogP contribution in [0.2, 0.25) is 0 Å². The fourth-order valence-electron chi connectivity index (χ4n) is 5.14. The highest BCUT2D eigenvalue weighted by molar-refractivity contribution is 5.71. The van der Waals surface area contributed by atoms with Crippen LogP contribution in [-0.2, 0) is 14.3 Å². The number of carbonyl (C=O) groups is 2. The highest BCUT2D eigenvalue weighted by Crippen LogP contribution is 2.29. The highest BCUT2D eigenvalue weighted by atomic mass is 16.6. The molecule has 216 valence electrons. The van der Waals surface area contributed by atoms with E-state index in [2.05, 4.69) is 6.58 Å². The van der Waals surface area contributed by atoms with Crippen molar-refractivity contribution in [1.29, 1.82) is 0 Å². The summed E-state index contributed by atoms with van der Waals surface area (Å²) in [5, 5.41) is 32.1. The van der Waals surface area contributed by atoms with Gasteiger partial charge in [-0.1, -0.05) is 83.2 Å². The van der Waals surface area contributed by atoms with E-state index in [0.717, 1.165) is 5.57 Å². The van der Waals surface area contributed by atoms with Gasteiger partial charge in [0.05, 0.1) is 18.3 Å². The van der Waals surface area contributed by atoms with Crippen molar-refractivity contribution in [3.8, 4) is 0 Å². The molecule has 38 heavy (non-hydrogen) atoms. The predicted octanol–water partition coefficient (Wildman–Crippen LogP) is 4.44. The minimum absolute atomic E-state index is 0.127. The molecule has 1 amide bonds. The van der Waals surface area contributed by atoms with Gasteiger partial charge in [-0.15, -0.1) is 0 Å². The molecular formula is C30H49NO7. The highest BCUT2D eigenvalue weighted by Gasteiger charge is 2.33. The first-order valence-corrected chi connectivity index (χ1v) is 13.6. The lowest BCUT2D eigenvalue weighted by Gasteiger charge is -2.33. The van der Waals surface area contributed by atoms with Crippen LogP contribution in [0.5, 0.6) is 0 Å². The number of esters is 1. The van der Waals surface area contributed by atoms with Gasteiger partial charge in [-0.2, -0.15) is 0 Å². The molecule has 0 spiro atoms. The smallest absolute Gasteiger partial charge is 0.404 e. The number of amides is 1. The molecule has 0 saturated carbocycles. The summed E-state index contributed by atoms with van der Waals surface area (Å²) in [5.41, 5.74) is 6.31. The molecule has 1 aliphatic heterocycles. The second-order valence-corrected chi connectivity index (χ2v) is 11.0. The third-order valence-corrected chi connectivity index (χ3v) is 7.34. The number of rotatable bonds is 16. The maximum atomic E-state index is 11.5. The van der Waals surface area contributed by atoms with Crippen molar-refractivity contribution in [2.75, 3.05) is 0 Å². The van der Waals surface area contributed by atoms with E-state index in [9.17, 15) is 24.9 Å². The van der Waals surface area contributed by atoms with Crippen LogP contribution in [0.3, 0.4) is 0 Å². The van der Waals surface area contributed by atoms with Gasteiger partial charge in [0.2, 0.25) is 0 Å². The first kappa shape index (κ1) is 33.6. The zero-order valence-electron chi connectivity index (χ0n) is 23.8. The molecule has 0 bridgehead atoms. The SMILES string of the molecule is C=C/C=C\[C@H](C)[C@H](OC(N)=O)[C@@H](C)[C@H](O)[C@@H](C)C/C(C)=C\[C@H](C)[C@@H](O)[C@@H](C)/C=C\[C@@H](O)CC1CCC(=O)O1. The van der Waals surface area contributed by atoms with Gasteiger partial charge >= 0.3 is 12.1 Å². The number of cyclic esters (lactones) is 1. The van der Waals surface area contributed by atoms with Crippen LogP contribution in [0.1, 0.15) is 67.2 Å². The number of ether oxygens (including phenoxy) is 2. The Morgan fingerprint density at radius 1 is 1.08 bits per heavy atom. The van der Waals surface area contributed by atoms with Gasteiger partial charge < -0.3 is 30.5 Å². The molecule has 0 aliphatic carbocycles. The lowest BCUT2D eigenvalue weighted by atomic mass is 9.81. The summed E-state index contributed by atoms with van der Waals surface area (Å²) in [7, 11) is 0. The normalized spacial score (nSPS) is 23.8. The van der Waals surface area contributed by atoms with Crippen LogP contribution in [0.15, 0.2) is 48.6 Å². The molecule has 1 heterocycles. The molecule has 5 N–H and O–H groups in total. The molecule has 1 unspecified atom stereocenters. The van der Waals surface area contributed by atoms with Crippen LogP contribution in [0.4, 0.5) is 4.79 Å². The number of hydrogen-bond donors (Lipinski definition) is 4. The summed E-state index contributed by atoms with van der Waals surface area (Å²) in [6, 6.07) is 0. The van der Waals surface area contributed by atoms with Crippen LogP contribution >= 0.6 is 0 Å². The number of aliphatic hydroxyl groups is 3. The van der Waals surface area contributed by atoms with E-state index in [-0.39, 0.29) is 41.7 Å². The maximum Gasteiger partial charge on any atom is 0.404 e. The van der Waals surface area contributed by atoms with Gasteiger partial charge in [0, 0.05) is 36.5 Å². The second kappa shape index (κ2) is 16.5. The van der Waals surface area contributed by atoms with Gasteiger partial charge in [-0.3, -0.25) is 4.79 Å². The van der Waals surface area contributed by atoms with Crippen LogP contribution in [-0.4, -0.2) is 57.9 Å². The van der Waals surface area contributed by atoms with Crippen LogP contribution < -0.4 is 5.73 Å². The second-order valence-electron chi connectivity index (χ2n) is 11.0. The number of aliphatic hydroxyl groups excluding tert-OH is 3. The standard InChI is InChI=1S/C30H49NO7/c1-8-9-10-20(4)29(38-30(31)36)23(7)28(35)22(6)16-18(2)15-21(5)27(34)19(3)11-12-24(32)17-25-13-14-26(33)37-25/h8-12,15,19-25,27-29,32,34-35H,1,13-14,16-17H2,2-7H3,(H2,31,36)/b10-9-,12-11-,18-15-/t19-,20-,21-,22-,23-,24+,25?,27-,28+,29-/m0/s1. The van der Waals surface area contributed by atoms with Crippen molar-refractivity contribution in [1.82, 2.24) is 0 Å². The van der Waals surface area contributed by atoms with E-state index in [1.807, 2.05) is 53.7 Å². The van der Waals surface area contributed by atoms with Gasteiger partial charge in [0.25, 0.3) is 0 Å². The minimum Gasteiger partial charge on any atom is -0.462 e. The summed E-state index contributed by atoms with van der Waals surface area (Å²) >= 11 is 0. The van der Waals surface area contributed by atoms with Crippen molar-refractivity contribution in [3.63, 3.8) is 0 Å². The first-order valence-electron chi connectivity index (χ1n) is 13.6. The summed E-state index contributed by atoms with van der Waals surface area (Å²) in [5.74, 6) is -1.23. The van der Waals surface area contributed by atoms with Gasteiger partial charge in [0.1, 0.15) is 12.2 Å². The number of hydrogen-bond acceptors (Lipinski definition) is 7. The Morgan fingerprint density at radius 3 is 2.29 bits per heavy atom. The zero-order valence-corrected chi connectivity index (χ0v) is 23.8. The largest absolute Gasteiger partial charge is 0.462 e. The third-order valence-electron chi connectivity index (χ3n) is 7.34. The van der Waals surface area contributed by atoms with E-state index in [4.69, 9.17) is 15.2 Å². The van der Waals surface area contributed by atoms with Gasteiger partial charge in [-0.05, 0) is 25.7 Å². The molecule has 1 saturated heterocycles.